The van der Waals surface area contributed by atoms with E-state index in [4.69, 9.17) is 0 Å². The van der Waals surface area contributed by atoms with Crippen LogP contribution in [0, 0.1) is 0 Å². The van der Waals surface area contributed by atoms with Gasteiger partial charge in [0.2, 0.25) is 0 Å². The van der Waals surface area contributed by atoms with Crippen LogP contribution >= 0.6 is 0 Å². The van der Waals surface area contributed by atoms with Gasteiger partial charge in [0, 0.05) is 12.0 Å². The van der Waals surface area contributed by atoms with E-state index in [1.807, 2.05) is 12.1 Å². The first-order valence-corrected chi connectivity index (χ1v) is 11.9. The van der Waals surface area contributed by atoms with Gasteiger partial charge in [-0.15, -0.1) is 0 Å². The molecule has 0 spiro atoms. The minimum absolute atomic E-state index is 0.318. The third-order valence-corrected chi connectivity index (χ3v) is 5.59. The molecule has 1 heteroatoms. The zero-order valence-electron chi connectivity index (χ0n) is 18.2. The Balaban J connectivity index is 1.98. The number of hydrogen-bond acceptors (Lipinski definition) is 1. The molecule has 0 atom stereocenters. The van der Waals surface area contributed by atoms with Gasteiger partial charge in [0.1, 0.15) is 0 Å². The summed E-state index contributed by atoms with van der Waals surface area (Å²) in [6, 6.07) is 8.22. The minimum atomic E-state index is 0.318. The summed E-state index contributed by atoms with van der Waals surface area (Å²) in [7, 11) is 0. The van der Waals surface area contributed by atoms with E-state index in [9.17, 15) is 4.79 Å². The van der Waals surface area contributed by atoms with Gasteiger partial charge in [-0.2, -0.15) is 0 Å². The summed E-state index contributed by atoms with van der Waals surface area (Å²) >= 11 is 0. The Labute approximate surface area is 169 Å². The zero-order valence-corrected chi connectivity index (χ0v) is 18.2. The summed E-state index contributed by atoms with van der Waals surface area (Å²) in [4.78, 5) is 12.2. The Hall–Kier alpha value is -1.11. The average molecular weight is 373 g/mol. The molecule has 0 heterocycles. The number of Topliss-reactive ketones (excluding diaryl/α,β-unsaturated/α-hetero) is 1. The van der Waals surface area contributed by atoms with Crippen molar-refractivity contribution < 1.29 is 4.79 Å². The Morgan fingerprint density at radius 1 is 0.630 bits per heavy atom. The molecule has 0 aromatic heterocycles. The second kappa shape index (κ2) is 17.0. The molecule has 27 heavy (non-hydrogen) atoms. The van der Waals surface area contributed by atoms with Crippen molar-refractivity contribution in [2.45, 2.75) is 123 Å². The van der Waals surface area contributed by atoms with Gasteiger partial charge in [0.25, 0.3) is 0 Å². The zero-order chi connectivity index (χ0) is 19.6. The fraction of sp³-hybridized carbons (Fsp3) is 0.731. The lowest BCUT2D eigenvalue weighted by Crippen LogP contribution is -2.03. The van der Waals surface area contributed by atoms with Crippen molar-refractivity contribution >= 4 is 5.78 Å². The fourth-order valence-corrected chi connectivity index (χ4v) is 3.88. The molecule has 0 saturated carbocycles. The third-order valence-electron chi connectivity index (χ3n) is 5.59. The molecule has 1 aromatic rings. The van der Waals surface area contributed by atoms with Gasteiger partial charge in [-0.1, -0.05) is 122 Å². The maximum absolute atomic E-state index is 12.2. The molecular weight excluding hydrogens is 328 g/mol. The van der Waals surface area contributed by atoms with E-state index < -0.39 is 0 Å². The maximum Gasteiger partial charge on any atom is 0.163 e. The van der Waals surface area contributed by atoms with Crippen LogP contribution in [0.1, 0.15) is 133 Å². The predicted octanol–water partition coefficient (Wildman–Crippen LogP) is 8.69. The first-order chi connectivity index (χ1) is 13.3. The van der Waals surface area contributed by atoms with Crippen molar-refractivity contribution in [1.29, 1.82) is 0 Å². The standard InChI is InChI=1S/C26H44O/c1-3-5-6-7-8-9-10-11-12-13-14-15-16-17-21-24-22-18-19-23-25(24)26(27)20-4-2/h18-19,22-23H,3-17,20-21H2,1-2H3. The molecule has 154 valence electrons. The average Bonchev–Trinajstić information content (AvgIpc) is 2.68. The summed E-state index contributed by atoms with van der Waals surface area (Å²) in [5.74, 6) is 0.318. The lowest BCUT2D eigenvalue weighted by atomic mass is 9.96. The van der Waals surface area contributed by atoms with Crippen LogP contribution in [0.3, 0.4) is 0 Å². The van der Waals surface area contributed by atoms with Crippen LogP contribution in [-0.4, -0.2) is 5.78 Å². The van der Waals surface area contributed by atoms with Crippen LogP contribution in [0.15, 0.2) is 24.3 Å². The second-order valence-corrected chi connectivity index (χ2v) is 8.18. The van der Waals surface area contributed by atoms with Crippen molar-refractivity contribution in [1.82, 2.24) is 0 Å². The van der Waals surface area contributed by atoms with E-state index in [2.05, 4.69) is 26.0 Å². The van der Waals surface area contributed by atoms with E-state index in [1.165, 1.54) is 95.5 Å². The monoisotopic (exact) mass is 372 g/mol. The van der Waals surface area contributed by atoms with Gasteiger partial charge in [-0.3, -0.25) is 4.79 Å². The van der Waals surface area contributed by atoms with Gasteiger partial charge in [0.15, 0.2) is 5.78 Å². The number of unbranched alkanes of at least 4 members (excludes halogenated alkanes) is 13. The van der Waals surface area contributed by atoms with E-state index in [1.54, 1.807) is 0 Å². The molecule has 0 unspecified atom stereocenters. The second-order valence-electron chi connectivity index (χ2n) is 8.18. The van der Waals surface area contributed by atoms with Crippen molar-refractivity contribution in [3.8, 4) is 0 Å². The minimum Gasteiger partial charge on any atom is -0.294 e. The molecule has 0 aliphatic rings. The highest BCUT2D eigenvalue weighted by Gasteiger charge is 2.09. The summed E-state index contributed by atoms with van der Waals surface area (Å²) in [5, 5.41) is 0. The highest BCUT2D eigenvalue weighted by atomic mass is 16.1. The summed E-state index contributed by atoms with van der Waals surface area (Å²) in [6.07, 6.45) is 22.2. The smallest absolute Gasteiger partial charge is 0.163 e. The quantitative estimate of drug-likeness (QED) is 0.186. The topological polar surface area (TPSA) is 17.1 Å². The normalized spacial score (nSPS) is 11.0. The highest BCUT2D eigenvalue weighted by molar-refractivity contribution is 5.97. The Bertz CT molecular complexity index is 477. The molecule has 1 nitrogen and oxygen atoms in total. The molecule has 0 aliphatic heterocycles. The first-order valence-electron chi connectivity index (χ1n) is 11.9. The maximum atomic E-state index is 12.2. The lowest BCUT2D eigenvalue weighted by molar-refractivity contribution is 0.0981. The summed E-state index contributed by atoms with van der Waals surface area (Å²) < 4.78 is 0. The Morgan fingerprint density at radius 3 is 1.63 bits per heavy atom. The lowest BCUT2D eigenvalue weighted by Gasteiger charge is -2.08. The molecule has 1 aromatic carbocycles. The first kappa shape index (κ1) is 23.9. The Kier molecular flexibility index (Phi) is 15.1. The molecule has 0 radical (unpaired) electrons. The van der Waals surface area contributed by atoms with Crippen molar-refractivity contribution in [2.75, 3.05) is 0 Å². The Morgan fingerprint density at radius 2 is 1.11 bits per heavy atom. The molecule has 0 aliphatic carbocycles. The van der Waals surface area contributed by atoms with E-state index in [0.29, 0.717) is 12.2 Å². The van der Waals surface area contributed by atoms with E-state index in [-0.39, 0.29) is 0 Å². The van der Waals surface area contributed by atoms with Crippen LogP contribution in [-0.2, 0) is 6.42 Å². The molecule has 0 saturated heterocycles. The number of benzene rings is 1. The molecule has 1 rings (SSSR count). The molecule has 0 fully saturated rings. The van der Waals surface area contributed by atoms with Gasteiger partial charge < -0.3 is 0 Å². The van der Waals surface area contributed by atoms with Crippen LogP contribution < -0.4 is 0 Å². The number of ketones is 1. The van der Waals surface area contributed by atoms with Crippen LogP contribution in [0.25, 0.3) is 0 Å². The van der Waals surface area contributed by atoms with Gasteiger partial charge in [0.05, 0.1) is 0 Å². The van der Waals surface area contributed by atoms with Gasteiger partial charge in [-0.05, 0) is 24.8 Å². The van der Waals surface area contributed by atoms with Crippen LogP contribution in [0.2, 0.25) is 0 Å². The molecule has 0 N–H and O–H groups in total. The number of carbonyl (C=O) groups excluding carboxylic acids is 1. The van der Waals surface area contributed by atoms with Crippen LogP contribution in [0.5, 0.6) is 0 Å². The number of aryl methyl sites for hydroxylation is 1. The van der Waals surface area contributed by atoms with Crippen molar-refractivity contribution in [3.05, 3.63) is 35.4 Å². The molecule has 0 amide bonds. The van der Waals surface area contributed by atoms with Crippen molar-refractivity contribution in [3.63, 3.8) is 0 Å². The summed E-state index contributed by atoms with van der Waals surface area (Å²) in [6.45, 7) is 4.36. The number of rotatable bonds is 18. The van der Waals surface area contributed by atoms with E-state index in [0.717, 1.165) is 18.4 Å². The molecular formula is C26H44O. The fourth-order valence-electron chi connectivity index (χ4n) is 3.88. The summed E-state index contributed by atoms with van der Waals surface area (Å²) in [5.41, 5.74) is 2.23. The third kappa shape index (κ3) is 12.1. The number of carbonyl (C=O) groups is 1. The highest BCUT2D eigenvalue weighted by Crippen LogP contribution is 2.17. The van der Waals surface area contributed by atoms with Gasteiger partial charge >= 0.3 is 0 Å². The number of hydrogen-bond donors (Lipinski definition) is 0. The predicted molar refractivity (Wildman–Crippen MR) is 120 cm³/mol. The van der Waals surface area contributed by atoms with Crippen LogP contribution in [0.4, 0.5) is 0 Å². The molecule has 0 bridgehead atoms. The SMILES string of the molecule is CCCCCCCCCCCCCCCCc1ccccc1C(=O)CCC. The van der Waals surface area contributed by atoms with E-state index >= 15 is 0 Å². The largest absolute Gasteiger partial charge is 0.294 e. The van der Waals surface area contributed by atoms with Crippen molar-refractivity contribution in [2.24, 2.45) is 0 Å². The van der Waals surface area contributed by atoms with Gasteiger partial charge in [-0.25, -0.2) is 0 Å².